The molecule has 4 heteroatoms. The number of fused-ring (bicyclic) bond motifs is 4. The van der Waals surface area contributed by atoms with Crippen LogP contribution in [0.3, 0.4) is 0 Å². The molecule has 1 aromatic carbocycles. The predicted molar refractivity (Wildman–Crippen MR) is 70.2 cm³/mol. The van der Waals surface area contributed by atoms with Gasteiger partial charge in [-0.15, -0.1) is 0 Å². The Morgan fingerprint density at radius 2 is 2.16 bits per heavy atom. The average Bonchev–Trinajstić information content (AvgIpc) is 2.98. The summed E-state index contributed by atoms with van der Waals surface area (Å²) in [6.45, 7) is 0. The molecule has 1 aromatic rings. The van der Waals surface area contributed by atoms with Crippen molar-refractivity contribution < 1.29 is 9.66 Å². The highest BCUT2D eigenvalue weighted by Gasteiger charge is 2.61. The van der Waals surface area contributed by atoms with Crippen LogP contribution in [0, 0.1) is 22.0 Å². The first kappa shape index (κ1) is 11.0. The van der Waals surface area contributed by atoms with Crippen LogP contribution in [0.5, 0.6) is 5.75 Å². The summed E-state index contributed by atoms with van der Waals surface area (Å²) in [6, 6.07) is 7.59. The van der Waals surface area contributed by atoms with Gasteiger partial charge in [0.05, 0.1) is 4.92 Å². The zero-order valence-electron chi connectivity index (χ0n) is 10.5. The summed E-state index contributed by atoms with van der Waals surface area (Å²) < 4.78 is 6.18. The molecule has 0 saturated heterocycles. The predicted octanol–water partition coefficient (Wildman–Crippen LogP) is 3.26. The Morgan fingerprint density at radius 3 is 2.84 bits per heavy atom. The molecular formula is C15H15NO3. The highest BCUT2D eigenvalue weighted by atomic mass is 16.6. The second-order valence-corrected chi connectivity index (χ2v) is 5.90. The van der Waals surface area contributed by atoms with Crippen LogP contribution < -0.4 is 4.74 Å². The fraction of sp³-hybridized carbons (Fsp3) is 0.467. The minimum atomic E-state index is -0.666. The SMILES string of the molecule is O=[N+]([O-])C1=Cc2ccccc2OC12CC1CCC2C1. The molecule has 1 spiro atoms. The largest absolute Gasteiger partial charge is 0.475 e. The Morgan fingerprint density at radius 1 is 1.32 bits per heavy atom. The van der Waals surface area contributed by atoms with Crippen molar-refractivity contribution in [1.82, 2.24) is 0 Å². The maximum atomic E-state index is 11.5. The van der Waals surface area contributed by atoms with Gasteiger partial charge < -0.3 is 4.74 Å². The number of nitro groups is 1. The highest BCUT2D eigenvalue weighted by molar-refractivity contribution is 5.63. The van der Waals surface area contributed by atoms with Crippen molar-refractivity contribution in [3.63, 3.8) is 0 Å². The zero-order chi connectivity index (χ0) is 13.0. The Hall–Kier alpha value is -1.84. The normalized spacial score (nSPS) is 34.8. The van der Waals surface area contributed by atoms with Gasteiger partial charge in [0.2, 0.25) is 5.60 Å². The topological polar surface area (TPSA) is 52.4 Å². The van der Waals surface area contributed by atoms with Crippen LogP contribution in [-0.4, -0.2) is 10.5 Å². The van der Waals surface area contributed by atoms with E-state index in [4.69, 9.17) is 4.74 Å². The van der Waals surface area contributed by atoms with Gasteiger partial charge in [0.1, 0.15) is 5.75 Å². The van der Waals surface area contributed by atoms with Crippen LogP contribution in [0.1, 0.15) is 31.2 Å². The Labute approximate surface area is 111 Å². The van der Waals surface area contributed by atoms with Crippen molar-refractivity contribution >= 4 is 6.08 Å². The fourth-order valence-corrected chi connectivity index (χ4v) is 4.14. The van der Waals surface area contributed by atoms with Gasteiger partial charge in [0.25, 0.3) is 5.70 Å². The van der Waals surface area contributed by atoms with Crippen molar-refractivity contribution in [1.29, 1.82) is 0 Å². The van der Waals surface area contributed by atoms with Crippen molar-refractivity contribution in [3.05, 3.63) is 45.6 Å². The third-order valence-electron chi connectivity index (χ3n) is 4.93. The van der Waals surface area contributed by atoms with E-state index in [1.54, 1.807) is 6.08 Å². The van der Waals surface area contributed by atoms with Gasteiger partial charge in [-0.05, 0) is 31.2 Å². The molecule has 19 heavy (non-hydrogen) atoms. The first-order valence-corrected chi connectivity index (χ1v) is 6.84. The van der Waals surface area contributed by atoms with Gasteiger partial charge in [-0.25, -0.2) is 0 Å². The molecular weight excluding hydrogens is 242 g/mol. The summed E-state index contributed by atoms with van der Waals surface area (Å²) in [7, 11) is 0. The van der Waals surface area contributed by atoms with Gasteiger partial charge in [0, 0.05) is 24.0 Å². The van der Waals surface area contributed by atoms with E-state index in [2.05, 4.69) is 0 Å². The van der Waals surface area contributed by atoms with Crippen LogP contribution >= 0.6 is 0 Å². The fourth-order valence-electron chi connectivity index (χ4n) is 4.14. The highest BCUT2D eigenvalue weighted by Crippen LogP contribution is 2.57. The Balaban J connectivity index is 1.87. The summed E-state index contributed by atoms with van der Waals surface area (Å²) in [4.78, 5) is 11.2. The molecule has 0 amide bonds. The first-order valence-electron chi connectivity index (χ1n) is 6.84. The van der Waals surface area contributed by atoms with E-state index >= 15 is 0 Å². The summed E-state index contributed by atoms with van der Waals surface area (Å²) in [5.74, 6) is 1.70. The van der Waals surface area contributed by atoms with Gasteiger partial charge >= 0.3 is 0 Å². The molecule has 0 N–H and O–H groups in total. The lowest BCUT2D eigenvalue weighted by Crippen LogP contribution is -2.47. The molecule has 1 aliphatic heterocycles. The molecule has 3 atom stereocenters. The van der Waals surface area contributed by atoms with E-state index in [1.165, 1.54) is 6.42 Å². The van der Waals surface area contributed by atoms with E-state index in [1.807, 2.05) is 24.3 Å². The molecule has 2 aliphatic carbocycles. The molecule has 2 fully saturated rings. The van der Waals surface area contributed by atoms with Gasteiger partial charge in [-0.3, -0.25) is 10.1 Å². The first-order chi connectivity index (χ1) is 9.19. The monoisotopic (exact) mass is 257 g/mol. The van der Waals surface area contributed by atoms with Crippen molar-refractivity contribution in [2.24, 2.45) is 11.8 Å². The third kappa shape index (κ3) is 1.40. The number of para-hydroxylation sites is 1. The molecule has 3 aliphatic rings. The van der Waals surface area contributed by atoms with Crippen molar-refractivity contribution in [2.75, 3.05) is 0 Å². The Bertz CT molecular complexity index is 595. The maximum absolute atomic E-state index is 11.5. The molecule has 0 aromatic heterocycles. The molecule has 3 unspecified atom stereocenters. The lowest BCUT2D eigenvalue weighted by Gasteiger charge is -2.38. The molecule has 98 valence electrons. The quantitative estimate of drug-likeness (QED) is 0.573. The zero-order valence-corrected chi connectivity index (χ0v) is 10.5. The summed E-state index contributed by atoms with van der Waals surface area (Å²) in [5, 5.41) is 11.5. The minimum absolute atomic E-state index is 0.239. The number of nitrogens with zero attached hydrogens (tertiary/aromatic N) is 1. The second-order valence-electron chi connectivity index (χ2n) is 5.90. The minimum Gasteiger partial charge on any atom is -0.475 e. The van der Waals surface area contributed by atoms with Gasteiger partial charge in [-0.1, -0.05) is 18.2 Å². The van der Waals surface area contributed by atoms with E-state index in [9.17, 15) is 10.1 Å². The molecule has 4 rings (SSSR count). The van der Waals surface area contributed by atoms with Crippen LogP contribution in [0.15, 0.2) is 30.0 Å². The molecule has 2 bridgehead atoms. The van der Waals surface area contributed by atoms with Gasteiger partial charge in [0.15, 0.2) is 0 Å². The number of benzene rings is 1. The number of hydrogen-bond acceptors (Lipinski definition) is 3. The summed E-state index contributed by atoms with van der Waals surface area (Å²) >= 11 is 0. The molecule has 2 saturated carbocycles. The molecule has 1 heterocycles. The van der Waals surface area contributed by atoms with E-state index in [-0.39, 0.29) is 10.6 Å². The third-order valence-corrected chi connectivity index (χ3v) is 4.93. The number of rotatable bonds is 1. The number of ether oxygens (including phenoxy) is 1. The van der Waals surface area contributed by atoms with Gasteiger partial charge in [-0.2, -0.15) is 0 Å². The average molecular weight is 257 g/mol. The summed E-state index contributed by atoms with van der Waals surface area (Å²) in [5.41, 5.74) is 0.418. The van der Waals surface area contributed by atoms with Crippen LogP contribution in [0.4, 0.5) is 0 Å². The van der Waals surface area contributed by atoms with E-state index in [0.29, 0.717) is 11.8 Å². The van der Waals surface area contributed by atoms with Crippen LogP contribution in [-0.2, 0) is 0 Å². The lowest BCUT2D eigenvalue weighted by atomic mass is 9.79. The van der Waals surface area contributed by atoms with Crippen LogP contribution in [0.2, 0.25) is 0 Å². The van der Waals surface area contributed by atoms with Crippen molar-refractivity contribution in [3.8, 4) is 5.75 Å². The lowest BCUT2D eigenvalue weighted by molar-refractivity contribution is -0.444. The second kappa shape index (κ2) is 3.59. The van der Waals surface area contributed by atoms with Crippen LogP contribution in [0.25, 0.3) is 6.08 Å². The molecule has 4 nitrogen and oxygen atoms in total. The maximum Gasteiger partial charge on any atom is 0.290 e. The standard InChI is InChI=1S/C15H15NO3/c17-16(18)14-8-11-3-1-2-4-13(11)19-15(14)9-10-5-6-12(15)7-10/h1-4,8,10,12H,5-7,9H2. The van der Waals surface area contributed by atoms with Crippen molar-refractivity contribution in [2.45, 2.75) is 31.3 Å². The van der Waals surface area contributed by atoms with E-state index in [0.717, 1.165) is 30.6 Å². The summed E-state index contributed by atoms with van der Waals surface area (Å²) in [6.07, 6.45) is 5.85. The smallest absolute Gasteiger partial charge is 0.290 e. The molecule has 0 radical (unpaired) electrons. The Kier molecular flexibility index (Phi) is 2.08. The van der Waals surface area contributed by atoms with E-state index < -0.39 is 5.60 Å². The number of hydrogen-bond donors (Lipinski definition) is 0.